The first-order valence-electron chi connectivity index (χ1n) is 7.85. The highest BCUT2D eigenvalue weighted by Crippen LogP contribution is 2.26. The van der Waals surface area contributed by atoms with Crippen molar-refractivity contribution < 1.29 is 18.4 Å². The van der Waals surface area contributed by atoms with Crippen LogP contribution in [-0.4, -0.2) is 24.1 Å². The summed E-state index contributed by atoms with van der Waals surface area (Å²) in [5.74, 6) is -1.99. The molecule has 26 heavy (non-hydrogen) atoms. The van der Waals surface area contributed by atoms with Crippen LogP contribution in [0.1, 0.15) is 18.5 Å². The minimum Gasteiger partial charge on any atom is -0.369 e. The van der Waals surface area contributed by atoms with Crippen LogP contribution in [-0.2, 0) is 9.59 Å². The highest BCUT2D eigenvalue weighted by molar-refractivity contribution is 8.00. The number of benzene rings is 2. The first kappa shape index (κ1) is 19.9. The smallest absolute Gasteiger partial charge is 0.238 e. The number of thioether (sulfide) groups is 1. The standard InChI is InChI=1S/C18H19F2N3O2S/c1-11(13-7-6-12(19)8-14(13)20)22-9-18(25)23-15-4-2-3-5-16(15)26-10-17(21)24/h2-8,11,22H,9-10H2,1H3,(H2,21,24)(H,23,25)/t11-/m1/s1. The zero-order chi connectivity index (χ0) is 19.1. The van der Waals surface area contributed by atoms with Crippen molar-refractivity contribution in [1.82, 2.24) is 5.32 Å². The lowest BCUT2D eigenvalue weighted by molar-refractivity contribution is -0.116. The van der Waals surface area contributed by atoms with Gasteiger partial charge in [0.2, 0.25) is 11.8 Å². The van der Waals surface area contributed by atoms with Gasteiger partial charge in [0.25, 0.3) is 0 Å². The number of rotatable bonds is 8. The molecule has 0 bridgehead atoms. The predicted octanol–water partition coefficient (Wildman–Crippen LogP) is 2.83. The number of hydrogen-bond acceptors (Lipinski definition) is 4. The lowest BCUT2D eigenvalue weighted by atomic mass is 10.1. The Bertz CT molecular complexity index is 802. The Hall–Kier alpha value is -2.45. The molecule has 0 spiro atoms. The molecule has 2 amide bonds. The van der Waals surface area contributed by atoms with E-state index in [0.717, 1.165) is 11.0 Å². The minimum absolute atomic E-state index is 0.0627. The molecule has 2 aromatic rings. The second kappa shape index (κ2) is 9.30. The lowest BCUT2D eigenvalue weighted by Crippen LogP contribution is -2.30. The SMILES string of the molecule is C[C@@H](NCC(=O)Nc1ccccc1SCC(N)=O)c1ccc(F)cc1F. The molecule has 8 heteroatoms. The van der Waals surface area contributed by atoms with Gasteiger partial charge >= 0.3 is 0 Å². The van der Waals surface area contributed by atoms with Crippen molar-refractivity contribution in [2.45, 2.75) is 17.9 Å². The fourth-order valence-corrected chi connectivity index (χ4v) is 2.99. The number of nitrogens with one attached hydrogen (secondary N) is 2. The van der Waals surface area contributed by atoms with Gasteiger partial charge in [-0.3, -0.25) is 9.59 Å². The summed E-state index contributed by atoms with van der Waals surface area (Å²) in [5.41, 5.74) is 5.97. The number of halogens is 2. The topological polar surface area (TPSA) is 84.2 Å². The van der Waals surface area contributed by atoms with Gasteiger partial charge in [-0.15, -0.1) is 11.8 Å². The maximum absolute atomic E-state index is 13.8. The van der Waals surface area contributed by atoms with Crippen LogP contribution in [0.15, 0.2) is 47.4 Å². The van der Waals surface area contributed by atoms with Gasteiger partial charge in [0.15, 0.2) is 0 Å². The summed E-state index contributed by atoms with van der Waals surface area (Å²) >= 11 is 1.23. The molecule has 0 unspecified atom stereocenters. The molecule has 2 rings (SSSR count). The number of hydrogen-bond donors (Lipinski definition) is 3. The van der Waals surface area contributed by atoms with Gasteiger partial charge in [-0.25, -0.2) is 8.78 Å². The zero-order valence-electron chi connectivity index (χ0n) is 14.1. The third-order valence-electron chi connectivity index (χ3n) is 3.53. The third kappa shape index (κ3) is 5.82. The maximum atomic E-state index is 13.8. The molecule has 0 heterocycles. The Kier molecular flexibility index (Phi) is 7.11. The predicted molar refractivity (Wildman–Crippen MR) is 97.8 cm³/mol. The lowest BCUT2D eigenvalue weighted by Gasteiger charge is -2.16. The van der Waals surface area contributed by atoms with Crippen LogP contribution in [0, 0.1) is 11.6 Å². The molecule has 0 aliphatic carbocycles. The average Bonchev–Trinajstić information content (AvgIpc) is 2.59. The van der Waals surface area contributed by atoms with E-state index in [4.69, 9.17) is 5.73 Å². The molecule has 0 aromatic heterocycles. The van der Waals surface area contributed by atoms with Crippen molar-refractivity contribution in [2.75, 3.05) is 17.6 Å². The molecule has 0 aliphatic heterocycles. The summed E-state index contributed by atoms with van der Waals surface area (Å²) in [6.45, 7) is 1.62. The normalized spacial score (nSPS) is 11.8. The third-order valence-corrected chi connectivity index (χ3v) is 4.62. The maximum Gasteiger partial charge on any atom is 0.238 e. The van der Waals surface area contributed by atoms with Crippen LogP contribution in [0.2, 0.25) is 0 Å². The molecule has 0 saturated carbocycles. The first-order chi connectivity index (χ1) is 12.4. The van der Waals surface area contributed by atoms with E-state index in [2.05, 4.69) is 10.6 Å². The molecule has 1 atom stereocenters. The average molecular weight is 379 g/mol. The van der Waals surface area contributed by atoms with E-state index in [1.807, 2.05) is 0 Å². The number of carbonyl (C=O) groups excluding carboxylic acids is 2. The summed E-state index contributed by atoms with van der Waals surface area (Å²) < 4.78 is 26.7. The molecule has 0 radical (unpaired) electrons. The van der Waals surface area contributed by atoms with Gasteiger partial charge in [-0.05, 0) is 25.1 Å². The van der Waals surface area contributed by atoms with Crippen LogP contribution < -0.4 is 16.4 Å². The van der Waals surface area contributed by atoms with Gasteiger partial charge in [0, 0.05) is 22.6 Å². The summed E-state index contributed by atoms with van der Waals surface area (Å²) in [4.78, 5) is 23.8. The fraction of sp³-hybridized carbons (Fsp3) is 0.222. The van der Waals surface area contributed by atoms with E-state index >= 15 is 0 Å². The minimum atomic E-state index is -0.668. The number of amides is 2. The Morgan fingerprint density at radius 1 is 1.19 bits per heavy atom. The van der Waals surface area contributed by atoms with Crippen LogP contribution in [0.25, 0.3) is 0 Å². The van der Waals surface area contributed by atoms with Crippen molar-refractivity contribution in [3.05, 3.63) is 59.7 Å². The Labute approximate surface area is 154 Å². The Balaban J connectivity index is 1.93. The molecule has 5 nitrogen and oxygen atoms in total. The van der Waals surface area contributed by atoms with E-state index in [1.54, 1.807) is 31.2 Å². The summed E-state index contributed by atoms with van der Waals surface area (Å²) in [7, 11) is 0. The first-order valence-corrected chi connectivity index (χ1v) is 8.83. The number of nitrogens with two attached hydrogens (primary N) is 1. The van der Waals surface area contributed by atoms with Crippen LogP contribution in [0.4, 0.5) is 14.5 Å². The van der Waals surface area contributed by atoms with Crippen LogP contribution in [0.3, 0.4) is 0 Å². The van der Waals surface area contributed by atoms with Gasteiger partial charge in [-0.2, -0.15) is 0 Å². The van der Waals surface area contributed by atoms with E-state index in [1.165, 1.54) is 23.9 Å². The Morgan fingerprint density at radius 3 is 2.62 bits per heavy atom. The molecule has 0 aliphatic rings. The quantitative estimate of drug-likeness (QED) is 0.616. The van der Waals surface area contributed by atoms with Crippen molar-refractivity contribution in [3.8, 4) is 0 Å². The van der Waals surface area contributed by atoms with Crippen LogP contribution in [0.5, 0.6) is 0 Å². The second-order valence-corrected chi connectivity index (χ2v) is 6.58. The van der Waals surface area contributed by atoms with Gasteiger partial charge in [0.05, 0.1) is 18.0 Å². The number of anilines is 1. The summed E-state index contributed by atoms with van der Waals surface area (Å²) in [6.07, 6.45) is 0. The highest BCUT2D eigenvalue weighted by Gasteiger charge is 2.14. The summed E-state index contributed by atoms with van der Waals surface area (Å²) in [6, 6.07) is 9.88. The summed E-state index contributed by atoms with van der Waals surface area (Å²) in [5, 5.41) is 5.63. The second-order valence-electron chi connectivity index (χ2n) is 5.57. The highest BCUT2D eigenvalue weighted by atomic mass is 32.2. The number of carbonyl (C=O) groups is 2. The van der Waals surface area contributed by atoms with E-state index in [-0.39, 0.29) is 23.8 Å². The molecule has 0 saturated heterocycles. The number of para-hydroxylation sites is 1. The van der Waals surface area contributed by atoms with Crippen molar-refractivity contribution in [1.29, 1.82) is 0 Å². The van der Waals surface area contributed by atoms with Gasteiger partial charge in [-0.1, -0.05) is 18.2 Å². The molecule has 4 N–H and O–H groups in total. The van der Waals surface area contributed by atoms with E-state index in [9.17, 15) is 18.4 Å². The fourth-order valence-electron chi connectivity index (χ4n) is 2.25. The monoisotopic (exact) mass is 379 g/mol. The van der Waals surface area contributed by atoms with Crippen LogP contribution >= 0.6 is 11.8 Å². The van der Waals surface area contributed by atoms with Crippen molar-refractivity contribution in [2.24, 2.45) is 5.73 Å². The molecule has 138 valence electrons. The molecule has 0 fully saturated rings. The van der Waals surface area contributed by atoms with E-state index in [0.29, 0.717) is 5.69 Å². The van der Waals surface area contributed by atoms with Crippen molar-refractivity contribution in [3.63, 3.8) is 0 Å². The van der Waals surface area contributed by atoms with Crippen molar-refractivity contribution >= 4 is 29.3 Å². The molecule has 2 aromatic carbocycles. The molecular weight excluding hydrogens is 360 g/mol. The van der Waals surface area contributed by atoms with E-state index < -0.39 is 23.6 Å². The largest absolute Gasteiger partial charge is 0.369 e. The number of primary amides is 1. The zero-order valence-corrected chi connectivity index (χ0v) is 14.9. The Morgan fingerprint density at radius 2 is 1.92 bits per heavy atom. The van der Waals surface area contributed by atoms with Gasteiger partial charge < -0.3 is 16.4 Å². The van der Waals surface area contributed by atoms with Gasteiger partial charge in [0.1, 0.15) is 11.6 Å². The molecular formula is C18H19F2N3O2S.